The van der Waals surface area contributed by atoms with Crippen LogP contribution in [0, 0.1) is 0 Å². The van der Waals surface area contributed by atoms with Crippen LogP contribution in [0.4, 0.5) is 0 Å². The van der Waals surface area contributed by atoms with Gasteiger partial charge in [-0.15, -0.1) is 0 Å². The first-order valence-electron chi connectivity index (χ1n) is 5.69. The average Bonchev–Trinajstić information content (AvgIpc) is 2.68. The maximum atomic E-state index is 11.8. The van der Waals surface area contributed by atoms with Gasteiger partial charge in [-0.3, -0.25) is 4.79 Å². The van der Waals surface area contributed by atoms with Gasteiger partial charge in [0.1, 0.15) is 5.75 Å². The fourth-order valence-electron chi connectivity index (χ4n) is 1.80. The lowest BCUT2D eigenvalue weighted by atomic mass is 10.3. The van der Waals surface area contributed by atoms with Gasteiger partial charge in [0.25, 0.3) is 5.91 Å². The molecular formula is C12H13BrClNO4. The highest BCUT2D eigenvalue weighted by atomic mass is 79.9. The molecule has 0 aliphatic carbocycles. The molecule has 0 saturated carbocycles. The molecule has 19 heavy (non-hydrogen) atoms. The number of β-amino-alcohol motifs (C(OH)–C–C–N with tert-alkyl or cyclic N) is 2. The molecule has 0 bridgehead atoms. The van der Waals surface area contributed by atoms with Crippen molar-refractivity contribution >= 4 is 33.4 Å². The predicted octanol–water partition coefficient (Wildman–Crippen LogP) is 1.05. The van der Waals surface area contributed by atoms with Gasteiger partial charge in [-0.1, -0.05) is 27.5 Å². The highest BCUT2D eigenvalue weighted by Gasteiger charge is 2.32. The van der Waals surface area contributed by atoms with Gasteiger partial charge in [0.15, 0.2) is 6.61 Å². The second-order valence-corrected chi connectivity index (χ2v) is 5.62. The SMILES string of the molecule is O=C(COc1ccc(Br)cc1Cl)N1CC(O)C(O)C1. The van der Waals surface area contributed by atoms with E-state index in [4.69, 9.17) is 16.3 Å². The van der Waals surface area contributed by atoms with Crippen molar-refractivity contribution in [1.29, 1.82) is 0 Å². The summed E-state index contributed by atoms with van der Waals surface area (Å²) in [6, 6.07) is 5.09. The minimum absolute atomic E-state index is 0.122. The van der Waals surface area contributed by atoms with E-state index in [1.54, 1.807) is 18.2 Å². The molecule has 1 aromatic rings. The van der Waals surface area contributed by atoms with Crippen molar-refractivity contribution in [2.24, 2.45) is 0 Å². The van der Waals surface area contributed by atoms with Crippen LogP contribution < -0.4 is 4.74 Å². The molecule has 1 aromatic carbocycles. The van der Waals surface area contributed by atoms with E-state index in [0.717, 1.165) is 4.47 Å². The van der Waals surface area contributed by atoms with Crippen molar-refractivity contribution in [1.82, 2.24) is 4.90 Å². The normalized spacial score (nSPS) is 22.6. The van der Waals surface area contributed by atoms with E-state index in [1.165, 1.54) is 4.90 Å². The minimum atomic E-state index is -0.889. The first kappa shape index (κ1) is 14.6. The van der Waals surface area contributed by atoms with Crippen LogP contribution in [0.5, 0.6) is 5.75 Å². The summed E-state index contributed by atoms with van der Waals surface area (Å²) < 4.78 is 6.15. The Morgan fingerprint density at radius 3 is 2.63 bits per heavy atom. The number of aliphatic hydroxyl groups excluding tert-OH is 2. The van der Waals surface area contributed by atoms with Gasteiger partial charge in [-0.25, -0.2) is 0 Å². The summed E-state index contributed by atoms with van der Waals surface area (Å²) in [7, 11) is 0. The number of amides is 1. The minimum Gasteiger partial charge on any atom is -0.482 e. The summed E-state index contributed by atoms with van der Waals surface area (Å²) in [5.41, 5.74) is 0. The van der Waals surface area contributed by atoms with E-state index in [1.807, 2.05) is 0 Å². The highest BCUT2D eigenvalue weighted by Crippen LogP contribution is 2.27. The number of halogens is 2. The Morgan fingerprint density at radius 1 is 1.42 bits per heavy atom. The standard InChI is InChI=1S/C12H13BrClNO4/c13-7-1-2-11(8(14)3-7)19-6-12(18)15-4-9(16)10(17)5-15/h1-3,9-10,16-17H,4-6H2. The highest BCUT2D eigenvalue weighted by molar-refractivity contribution is 9.10. The number of rotatable bonds is 3. The number of carbonyl (C=O) groups is 1. The summed E-state index contributed by atoms with van der Waals surface area (Å²) in [4.78, 5) is 13.2. The molecule has 1 heterocycles. The molecule has 2 rings (SSSR count). The molecule has 0 radical (unpaired) electrons. The largest absolute Gasteiger partial charge is 0.482 e. The summed E-state index contributed by atoms with van der Waals surface area (Å²) in [6.45, 7) is 0.0651. The molecule has 1 saturated heterocycles. The van der Waals surface area contributed by atoms with Gasteiger partial charge >= 0.3 is 0 Å². The molecule has 1 fully saturated rings. The van der Waals surface area contributed by atoms with Crippen molar-refractivity contribution in [2.45, 2.75) is 12.2 Å². The second-order valence-electron chi connectivity index (χ2n) is 4.30. The first-order chi connectivity index (χ1) is 8.97. The summed E-state index contributed by atoms with van der Waals surface area (Å²) >= 11 is 9.23. The quantitative estimate of drug-likeness (QED) is 0.855. The molecule has 2 unspecified atom stereocenters. The van der Waals surface area contributed by atoms with Gasteiger partial charge in [-0.05, 0) is 18.2 Å². The molecule has 0 aromatic heterocycles. The molecule has 1 aliphatic heterocycles. The molecule has 2 atom stereocenters. The van der Waals surface area contributed by atoms with Crippen LogP contribution in [0.15, 0.2) is 22.7 Å². The molecule has 7 heteroatoms. The second kappa shape index (κ2) is 6.09. The molecular weight excluding hydrogens is 337 g/mol. The zero-order chi connectivity index (χ0) is 14.0. The zero-order valence-corrected chi connectivity index (χ0v) is 12.3. The Kier molecular flexibility index (Phi) is 4.67. The molecule has 5 nitrogen and oxygen atoms in total. The smallest absolute Gasteiger partial charge is 0.260 e. The van der Waals surface area contributed by atoms with Crippen LogP contribution in [0.25, 0.3) is 0 Å². The number of hydrogen-bond acceptors (Lipinski definition) is 4. The van der Waals surface area contributed by atoms with Crippen LogP contribution in [0.1, 0.15) is 0 Å². The van der Waals surface area contributed by atoms with Crippen molar-refractivity contribution in [2.75, 3.05) is 19.7 Å². The van der Waals surface area contributed by atoms with Crippen LogP contribution >= 0.6 is 27.5 Å². The maximum Gasteiger partial charge on any atom is 0.260 e. The summed E-state index contributed by atoms with van der Waals surface area (Å²) in [6.07, 6.45) is -1.78. The number of nitrogens with zero attached hydrogens (tertiary/aromatic N) is 1. The lowest BCUT2D eigenvalue weighted by Gasteiger charge is -2.16. The van der Waals surface area contributed by atoms with Crippen LogP contribution in [-0.4, -0.2) is 52.9 Å². The molecule has 1 amide bonds. The first-order valence-corrected chi connectivity index (χ1v) is 6.86. The van der Waals surface area contributed by atoms with E-state index in [2.05, 4.69) is 15.9 Å². The number of ether oxygens (including phenoxy) is 1. The fraction of sp³-hybridized carbons (Fsp3) is 0.417. The molecule has 2 N–H and O–H groups in total. The predicted molar refractivity (Wildman–Crippen MR) is 73.2 cm³/mol. The third kappa shape index (κ3) is 3.60. The Bertz CT molecular complexity index is 475. The van der Waals surface area contributed by atoms with Gasteiger partial charge in [0.05, 0.1) is 17.2 Å². The van der Waals surface area contributed by atoms with E-state index < -0.39 is 12.2 Å². The number of hydrogen-bond donors (Lipinski definition) is 2. The van der Waals surface area contributed by atoms with E-state index >= 15 is 0 Å². The number of benzene rings is 1. The maximum absolute atomic E-state index is 11.8. The van der Waals surface area contributed by atoms with Crippen molar-refractivity contribution in [3.63, 3.8) is 0 Å². The van der Waals surface area contributed by atoms with E-state index in [0.29, 0.717) is 10.8 Å². The van der Waals surface area contributed by atoms with Crippen molar-refractivity contribution < 1.29 is 19.7 Å². The van der Waals surface area contributed by atoms with Crippen molar-refractivity contribution in [3.05, 3.63) is 27.7 Å². The van der Waals surface area contributed by atoms with E-state index in [-0.39, 0.29) is 25.6 Å². The average molecular weight is 351 g/mol. The Balaban J connectivity index is 1.90. The molecule has 1 aliphatic rings. The third-order valence-corrected chi connectivity index (χ3v) is 3.65. The van der Waals surface area contributed by atoms with Crippen LogP contribution in [0.2, 0.25) is 5.02 Å². The number of likely N-dealkylation sites (tertiary alicyclic amines) is 1. The van der Waals surface area contributed by atoms with Gasteiger partial charge in [0.2, 0.25) is 0 Å². The Hall–Kier alpha value is -0.820. The topological polar surface area (TPSA) is 70.0 Å². The third-order valence-electron chi connectivity index (χ3n) is 2.86. The Morgan fingerprint density at radius 2 is 2.05 bits per heavy atom. The van der Waals surface area contributed by atoms with Gasteiger partial charge in [-0.2, -0.15) is 0 Å². The molecule has 0 spiro atoms. The monoisotopic (exact) mass is 349 g/mol. The van der Waals surface area contributed by atoms with Gasteiger partial charge in [0, 0.05) is 17.6 Å². The van der Waals surface area contributed by atoms with Crippen LogP contribution in [0.3, 0.4) is 0 Å². The Labute approximate surface area is 123 Å². The van der Waals surface area contributed by atoms with Crippen molar-refractivity contribution in [3.8, 4) is 5.75 Å². The van der Waals surface area contributed by atoms with Gasteiger partial charge < -0.3 is 19.8 Å². The summed E-state index contributed by atoms with van der Waals surface area (Å²) in [5.74, 6) is 0.119. The zero-order valence-electron chi connectivity index (χ0n) is 9.92. The lowest BCUT2D eigenvalue weighted by molar-refractivity contribution is -0.132. The van der Waals surface area contributed by atoms with E-state index in [9.17, 15) is 15.0 Å². The number of aliphatic hydroxyl groups is 2. The lowest BCUT2D eigenvalue weighted by Crippen LogP contribution is -2.34. The van der Waals surface area contributed by atoms with Crippen LogP contribution in [-0.2, 0) is 4.79 Å². The summed E-state index contributed by atoms with van der Waals surface area (Å²) in [5, 5.41) is 19.1. The number of carbonyl (C=O) groups excluding carboxylic acids is 1. The fourth-order valence-corrected chi connectivity index (χ4v) is 2.52. The molecule has 104 valence electrons.